The number of carbonyl (C=O) groups is 2. The topological polar surface area (TPSA) is 84.0 Å². The molecule has 3 rings (SSSR count). The van der Waals surface area contributed by atoms with E-state index in [0.29, 0.717) is 30.3 Å². The molecule has 142 valence electrons. The number of likely N-dealkylation sites (tertiary alicyclic amines) is 1. The Kier molecular flexibility index (Phi) is 5.28. The Balaban J connectivity index is 1.78. The first kappa shape index (κ1) is 19.1. The van der Waals surface area contributed by atoms with Crippen LogP contribution in [0.4, 0.5) is 0 Å². The van der Waals surface area contributed by atoms with Crippen molar-refractivity contribution in [3.63, 3.8) is 0 Å². The molecule has 0 spiro atoms. The molecular weight excluding hydrogens is 380 g/mol. The summed E-state index contributed by atoms with van der Waals surface area (Å²) in [6, 6.07) is 4.02. The van der Waals surface area contributed by atoms with Crippen molar-refractivity contribution >= 4 is 33.3 Å². The van der Waals surface area contributed by atoms with E-state index in [1.807, 2.05) is 0 Å². The zero-order valence-corrected chi connectivity index (χ0v) is 16.2. The summed E-state index contributed by atoms with van der Waals surface area (Å²) >= 11 is 6.02. The summed E-state index contributed by atoms with van der Waals surface area (Å²) in [6.45, 7) is 1.18. The first-order valence-corrected chi connectivity index (χ1v) is 10.3. The smallest absolute Gasteiger partial charge is 0.228 e. The summed E-state index contributed by atoms with van der Waals surface area (Å²) in [4.78, 5) is 28.2. The van der Waals surface area contributed by atoms with Gasteiger partial charge in [-0.25, -0.2) is 8.42 Å². The van der Waals surface area contributed by atoms with Gasteiger partial charge in [-0.05, 0) is 23.8 Å². The molecule has 0 unspecified atom stereocenters. The van der Waals surface area contributed by atoms with Gasteiger partial charge >= 0.3 is 0 Å². The van der Waals surface area contributed by atoms with Gasteiger partial charge in [0.05, 0.1) is 29.2 Å². The van der Waals surface area contributed by atoms with Gasteiger partial charge in [0.25, 0.3) is 0 Å². The molecule has 0 aliphatic carbocycles. The standard InChI is InChI=1S/C17H21ClN2O5S/c1-19(17(22)11-7-16(21)20(9-11)5-6-25-2)14-10-26(23,24)15-4-3-12(18)8-13(14)15/h3-4,8,11,14H,5-7,9-10H2,1-2H3/t11-,14-/m1/s1. The van der Waals surface area contributed by atoms with Gasteiger partial charge < -0.3 is 14.5 Å². The Morgan fingerprint density at radius 3 is 2.85 bits per heavy atom. The third-order valence-electron chi connectivity index (χ3n) is 4.99. The molecule has 9 heteroatoms. The fourth-order valence-electron chi connectivity index (χ4n) is 3.57. The lowest BCUT2D eigenvalue weighted by molar-refractivity contribution is -0.136. The molecule has 1 fully saturated rings. The van der Waals surface area contributed by atoms with E-state index in [2.05, 4.69) is 0 Å². The molecule has 1 saturated heterocycles. The van der Waals surface area contributed by atoms with Crippen LogP contribution in [-0.4, -0.2) is 69.6 Å². The number of benzene rings is 1. The van der Waals surface area contributed by atoms with Crippen molar-refractivity contribution in [3.05, 3.63) is 28.8 Å². The fraction of sp³-hybridized carbons (Fsp3) is 0.529. The molecule has 0 radical (unpaired) electrons. The maximum Gasteiger partial charge on any atom is 0.228 e. The Morgan fingerprint density at radius 2 is 2.15 bits per heavy atom. The highest BCUT2D eigenvalue weighted by Gasteiger charge is 2.42. The second-order valence-corrected chi connectivity index (χ2v) is 9.10. The van der Waals surface area contributed by atoms with E-state index in [1.165, 1.54) is 17.0 Å². The van der Waals surface area contributed by atoms with E-state index in [4.69, 9.17) is 16.3 Å². The van der Waals surface area contributed by atoms with Crippen LogP contribution in [-0.2, 0) is 24.2 Å². The Bertz CT molecular complexity index is 842. The number of ether oxygens (including phenoxy) is 1. The Labute approximate surface area is 157 Å². The summed E-state index contributed by atoms with van der Waals surface area (Å²) in [5.74, 6) is -0.961. The van der Waals surface area contributed by atoms with Gasteiger partial charge in [-0.2, -0.15) is 0 Å². The highest BCUT2D eigenvalue weighted by atomic mass is 35.5. The highest BCUT2D eigenvalue weighted by molar-refractivity contribution is 7.91. The van der Waals surface area contributed by atoms with Gasteiger partial charge in [-0.15, -0.1) is 0 Å². The third kappa shape index (κ3) is 3.45. The number of sulfone groups is 1. The van der Waals surface area contributed by atoms with Gasteiger partial charge in [-0.1, -0.05) is 11.6 Å². The molecule has 0 saturated carbocycles. The van der Waals surface area contributed by atoms with Gasteiger partial charge in [0.1, 0.15) is 0 Å². The zero-order chi connectivity index (χ0) is 19.1. The van der Waals surface area contributed by atoms with E-state index in [1.54, 1.807) is 25.1 Å². The number of carbonyl (C=O) groups excluding carboxylic acids is 2. The first-order chi connectivity index (χ1) is 12.2. The van der Waals surface area contributed by atoms with Crippen LogP contribution in [0.2, 0.25) is 5.02 Å². The predicted octanol–water partition coefficient (Wildman–Crippen LogP) is 1.12. The maximum atomic E-state index is 12.9. The van der Waals surface area contributed by atoms with Crippen LogP contribution in [0.25, 0.3) is 0 Å². The van der Waals surface area contributed by atoms with Gasteiger partial charge in [0.15, 0.2) is 9.84 Å². The average Bonchev–Trinajstić information content (AvgIpc) is 3.08. The number of hydrogen-bond donors (Lipinski definition) is 0. The zero-order valence-electron chi connectivity index (χ0n) is 14.6. The molecule has 2 amide bonds. The predicted molar refractivity (Wildman–Crippen MR) is 95.6 cm³/mol. The van der Waals surface area contributed by atoms with Crippen LogP contribution in [0.3, 0.4) is 0 Å². The second kappa shape index (κ2) is 7.17. The van der Waals surface area contributed by atoms with Crippen LogP contribution in [0.1, 0.15) is 18.0 Å². The van der Waals surface area contributed by atoms with Gasteiger partial charge in [0.2, 0.25) is 11.8 Å². The molecule has 2 aliphatic heterocycles. The first-order valence-electron chi connectivity index (χ1n) is 8.30. The van der Waals surface area contributed by atoms with Crippen molar-refractivity contribution in [2.45, 2.75) is 17.4 Å². The molecular formula is C17H21ClN2O5S. The number of halogens is 1. The minimum Gasteiger partial charge on any atom is -0.383 e. The summed E-state index contributed by atoms with van der Waals surface area (Å²) in [7, 11) is -0.314. The monoisotopic (exact) mass is 400 g/mol. The molecule has 2 atom stereocenters. The van der Waals surface area contributed by atoms with Crippen molar-refractivity contribution < 1.29 is 22.7 Å². The molecule has 1 aromatic rings. The van der Waals surface area contributed by atoms with Crippen molar-refractivity contribution in [1.29, 1.82) is 0 Å². The van der Waals surface area contributed by atoms with E-state index >= 15 is 0 Å². The molecule has 0 N–H and O–H groups in total. The van der Waals surface area contributed by atoms with Crippen LogP contribution in [0.15, 0.2) is 23.1 Å². The summed E-state index contributed by atoms with van der Waals surface area (Å²) in [6.07, 6.45) is 0.134. The van der Waals surface area contributed by atoms with Gasteiger partial charge in [-0.3, -0.25) is 9.59 Å². The van der Waals surface area contributed by atoms with Crippen LogP contribution >= 0.6 is 11.6 Å². The lowest BCUT2D eigenvalue weighted by atomic mass is 10.0. The summed E-state index contributed by atoms with van der Waals surface area (Å²) < 4.78 is 29.8. The normalized spacial score (nSPS) is 24.0. The van der Waals surface area contributed by atoms with Crippen molar-refractivity contribution in [2.24, 2.45) is 5.92 Å². The van der Waals surface area contributed by atoms with E-state index in [0.717, 1.165) is 0 Å². The van der Waals surface area contributed by atoms with Gasteiger partial charge in [0, 0.05) is 38.7 Å². The molecule has 0 aromatic heterocycles. The van der Waals surface area contributed by atoms with Crippen molar-refractivity contribution in [2.75, 3.05) is 39.6 Å². The molecule has 0 bridgehead atoms. The van der Waals surface area contributed by atoms with Crippen molar-refractivity contribution in [3.8, 4) is 0 Å². The molecule has 2 aliphatic rings. The number of rotatable bonds is 5. The Hall–Kier alpha value is -1.64. The lowest BCUT2D eigenvalue weighted by Gasteiger charge is -2.27. The number of fused-ring (bicyclic) bond motifs is 1. The van der Waals surface area contributed by atoms with E-state index in [9.17, 15) is 18.0 Å². The number of nitrogens with zero attached hydrogens (tertiary/aromatic N) is 2. The summed E-state index contributed by atoms with van der Waals surface area (Å²) in [5, 5.41) is 0.425. The lowest BCUT2D eigenvalue weighted by Crippen LogP contribution is -2.38. The highest BCUT2D eigenvalue weighted by Crippen LogP contribution is 2.39. The molecule has 7 nitrogen and oxygen atoms in total. The number of amides is 2. The largest absolute Gasteiger partial charge is 0.383 e. The third-order valence-corrected chi connectivity index (χ3v) is 7.02. The van der Waals surface area contributed by atoms with Crippen LogP contribution < -0.4 is 0 Å². The Morgan fingerprint density at radius 1 is 1.42 bits per heavy atom. The SMILES string of the molecule is COCCN1C[C@H](C(=O)N(C)[C@@H]2CS(=O)(=O)c3ccc(Cl)cc32)CC1=O. The minimum absolute atomic E-state index is 0.0868. The second-order valence-electron chi connectivity index (χ2n) is 6.66. The van der Waals surface area contributed by atoms with Crippen LogP contribution in [0, 0.1) is 5.92 Å². The number of hydrogen-bond acceptors (Lipinski definition) is 5. The number of methoxy groups -OCH3 is 1. The maximum absolute atomic E-state index is 12.9. The quantitative estimate of drug-likeness (QED) is 0.739. The van der Waals surface area contributed by atoms with E-state index in [-0.39, 0.29) is 28.9 Å². The average molecular weight is 401 g/mol. The molecule has 1 aromatic carbocycles. The van der Waals surface area contributed by atoms with Crippen LogP contribution in [0.5, 0.6) is 0 Å². The summed E-state index contributed by atoms with van der Waals surface area (Å²) in [5.41, 5.74) is 0.536. The fourth-order valence-corrected chi connectivity index (χ4v) is 5.58. The molecule has 26 heavy (non-hydrogen) atoms. The molecule has 2 heterocycles. The van der Waals surface area contributed by atoms with E-state index < -0.39 is 21.8 Å². The van der Waals surface area contributed by atoms with Crippen molar-refractivity contribution in [1.82, 2.24) is 9.80 Å². The minimum atomic E-state index is -3.45.